The lowest BCUT2D eigenvalue weighted by molar-refractivity contribution is -0.134. The molecule has 0 aliphatic rings. The van der Waals surface area contributed by atoms with E-state index in [1.165, 1.54) is 18.7 Å². The Morgan fingerprint density at radius 3 is 2.12 bits per heavy atom. The largest absolute Gasteiger partial charge is 0.379 e. The first-order chi connectivity index (χ1) is 14.8. The summed E-state index contributed by atoms with van der Waals surface area (Å²) in [5.41, 5.74) is 1.84. The van der Waals surface area contributed by atoms with E-state index in [2.05, 4.69) is 5.32 Å². The number of hydrogen-bond donors (Lipinski definition) is 3. The summed E-state index contributed by atoms with van der Waals surface area (Å²) in [7, 11) is 0. The van der Waals surface area contributed by atoms with E-state index >= 15 is 0 Å². The van der Waals surface area contributed by atoms with Gasteiger partial charge in [-0.15, -0.1) is 12.4 Å². The second kappa shape index (κ2) is 11.2. The average Bonchev–Trinajstić information content (AvgIpc) is 2.74. The van der Waals surface area contributed by atoms with Crippen LogP contribution in [0.4, 0.5) is 0 Å². The van der Waals surface area contributed by atoms with E-state index in [1.807, 2.05) is 67.7 Å². The summed E-state index contributed by atoms with van der Waals surface area (Å²) in [6.45, 7) is 4.93. The molecule has 0 aliphatic carbocycles. The van der Waals surface area contributed by atoms with Crippen molar-refractivity contribution in [2.24, 2.45) is 0 Å². The van der Waals surface area contributed by atoms with Crippen LogP contribution in [0.5, 0.6) is 0 Å². The van der Waals surface area contributed by atoms with Crippen molar-refractivity contribution in [2.45, 2.75) is 45.8 Å². The molecule has 8 heteroatoms. The number of rotatable bonds is 8. The molecule has 0 bridgehead atoms. The van der Waals surface area contributed by atoms with Gasteiger partial charge in [0, 0.05) is 29.7 Å². The lowest BCUT2D eigenvalue weighted by Crippen LogP contribution is -2.48. The Labute approximate surface area is 193 Å². The molecular weight excluding hydrogens is 430 g/mol. The first-order valence-corrected chi connectivity index (χ1v) is 10.4. The highest BCUT2D eigenvalue weighted by Gasteiger charge is 2.21. The molecule has 32 heavy (non-hydrogen) atoms. The molecule has 0 saturated heterocycles. The quantitative estimate of drug-likeness (QED) is 0.450. The van der Waals surface area contributed by atoms with Crippen molar-refractivity contribution >= 4 is 29.1 Å². The fraction of sp³-hybridized carbons (Fsp3) is 0.333. The average molecular weight is 460 g/mol. The molecule has 2 aromatic carbocycles. The number of halogens is 1. The van der Waals surface area contributed by atoms with E-state index < -0.39 is 12.5 Å². The molecule has 0 radical (unpaired) electrons. The molecule has 1 amide bonds. The summed E-state index contributed by atoms with van der Waals surface area (Å²) >= 11 is 0. The van der Waals surface area contributed by atoms with Crippen molar-refractivity contribution in [1.82, 2.24) is 14.8 Å². The van der Waals surface area contributed by atoms with E-state index in [9.17, 15) is 19.8 Å². The molecule has 3 atom stereocenters. The fourth-order valence-electron chi connectivity index (χ4n) is 3.73. The fourth-order valence-corrected chi connectivity index (χ4v) is 3.73. The van der Waals surface area contributed by atoms with E-state index in [4.69, 9.17) is 0 Å². The third-order valence-corrected chi connectivity index (χ3v) is 5.24. The second-order valence-corrected chi connectivity index (χ2v) is 7.82. The minimum absolute atomic E-state index is 0. The highest BCUT2D eigenvalue weighted by Crippen LogP contribution is 2.26. The highest BCUT2D eigenvalue weighted by atomic mass is 35.5. The number of hydrogen-bond acceptors (Lipinski definition) is 5. The van der Waals surface area contributed by atoms with Crippen LogP contribution in [0, 0.1) is 0 Å². The van der Waals surface area contributed by atoms with Gasteiger partial charge in [0.1, 0.15) is 12.5 Å². The van der Waals surface area contributed by atoms with Gasteiger partial charge in [0.15, 0.2) is 0 Å². The SMILES string of the molecule is CC(Cn1cc(-c2ccccc2)c2ccccc2c1=O)NC(=O)CN(C(C)O)C(C)O.Cl. The monoisotopic (exact) mass is 459 g/mol. The summed E-state index contributed by atoms with van der Waals surface area (Å²) < 4.78 is 1.62. The maximum Gasteiger partial charge on any atom is 0.258 e. The summed E-state index contributed by atoms with van der Waals surface area (Å²) in [5.74, 6) is -0.341. The number of amides is 1. The molecule has 3 rings (SSSR count). The van der Waals surface area contributed by atoms with Gasteiger partial charge >= 0.3 is 0 Å². The standard InChI is InChI=1S/C24H29N3O4.ClH/c1-16(25-23(30)15-27(17(2)28)18(3)29)13-26-14-22(19-9-5-4-6-10-19)20-11-7-8-12-21(20)24(26)31;/h4-12,14,16-18,28-29H,13,15H2,1-3H3,(H,25,30);1H. The van der Waals surface area contributed by atoms with Crippen LogP contribution < -0.4 is 10.9 Å². The summed E-state index contributed by atoms with van der Waals surface area (Å²) in [6, 6.07) is 17.0. The van der Waals surface area contributed by atoms with Gasteiger partial charge in [-0.2, -0.15) is 0 Å². The molecule has 3 N–H and O–H groups in total. The van der Waals surface area contributed by atoms with Crippen LogP contribution in [0.15, 0.2) is 65.6 Å². The number of carbonyl (C=O) groups excluding carboxylic acids is 1. The van der Waals surface area contributed by atoms with E-state index in [1.54, 1.807) is 4.57 Å². The number of nitrogens with zero attached hydrogens (tertiary/aromatic N) is 2. The van der Waals surface area contributed by atoms with E-state index in [0.717, 1.165) is 16.5 Å². The molecule has 1 aromatic heterocycles. The third kappa shape index (κ3) is 5.95. The molecule has 0 aliphatic heterocycles. The molecule has 3 aromatic rings. The number of fused-ring (bicyclic) bond motifs is 1. The molecule has 172 valence electrons. The first-order valence-electron chi connectivity index (χ1n) is 10.4. The Morgan fingerprint density at radius 1 is 0.969 bits per heavy atom. The summed E-state index contributed by atoms with van der Waals surface area (Å²) in [6.07, 6.45) is -0.0872. The first kappa shape index (κ1) is 25.5. The molecule has 0 fully saturated rings. The van der Waals surface area contributed by atoms with Crippen molar-refractivity contribution < 1.29 is 15.0 Å². The predicted molar refractivity (Wildman–Crippen MR) is 129 cm³/mol. The highest BCUT2D eigenvalue weighted by molar-refractivity contribution is 5.95. The van der Waals surface area contributed by atoms with Crippen molar-refractivity contribution in [3.8, 4) is 11.1 Å². The molecular formula is C24H30ClN3O4. The van der Waals surface area contributed by atoms with Gasteiger partial charge in [-0.05, 0) is 37.8 Å². The summed E-state index contributed by atoms with van der Waals surface area (Å²) in [5, 5.41) is 23.8. The number of aromatic nitrogens is 1. The van der Waals surface area contributed by atoms with Crippen LogP contribution in [0.1, 0.15) is 20.8 Å². The summed E-state index contributed by atoms with van der Waals surface area (Å²) in [4.78, 5) is 26.7. The maximum absolute atomic E-state index is 13.1. The number of benzene rings is 2. The molecule has 0 spiro atoms. The number of nitrogens with one attached hydrogen (secondary N) is 1. The van der Waals surface area contributed by atoms with Gasteiger partial charge in [0.05, 0.1) is 6.54 Å². The molecule has 1 heterocycles. The Morgan fingerprint density at radius 2 is 1.53 bits per heavy atom. The van der Waals surface area contributed by atoms with E-state index in [0.29, 0.717) is 11.9 Å². The predicted octanol–water partition coefficient (Wildman–Crippen LogP) is 2.57. The van der Waals surface area contributed by atoms with Crippen LogP contribution in [0.25, 0.3) is 21.9 Å². The molecule has 3 unspecified atom stereocenters. The van der Waals surface area contributed by atoms with Gasteiger partial charge in [-0.25, -0.2) is 4.90 Å². The number of pyridine rings is 1. The van der Waals surface area contributed by atoms with Crippen LogP contribution in [-0.2, 0) is 11.3 Å². The minimum Gasteiger partial charge on any atom is -0.379 e. The van der Waals surface area contributed by atoms with Gasteiger partial charge in [-0.3, -0.25) is 9.59 Å². The van der Waals surface area contributed by atoms with Gasteiger partial charge in [-0.1, -0.05) is 48.5 Å². The zero-order chi connectivity index (χ0) is 22.5. The smallest absolute Gasteiger partial charge is 0.258 e. The van der Waals surface area contributed by atoms with Crippen LogP contribution in [0.3, 0.4) is 0 Å². The topological polar surface area (TPSA) is 94.8 Å². The van der Waals surface area contributed by atoms with Crippen LogP contribution >= 0.6 is 12.4 Å². The second-order valence-electron chi connectivity index (χ2n) is 7.82. The number of aliphatic hydroxyl groups excluding tert-OH is 2. The van der Waals surface area contributed by atoms with Crippen molar-refractivity contribution in [3.63, 3.8) is 0 Å². The zero-order valence-electron chi connectivity index (χ0n) is 18.4. The Balaban J connectivity index is 0.00000363. The van der Waals surface area contributed by atoms with E-state index in [-0.39, 0.29) is 36.5 Å². The van der Waals surface area contributed by atoms with Crippen LogP contribution in [0.2, 0.25) is 0 Å². The number of carbonyl (C=O) groups is 1. The normalized spacial score (nSPS) is 13.9. The lowest BCUT2D eigenvalue weighted by Gasteiger charge is -2.28. The van der Waals surface area contributed by atoms with Crippen LogP contribution in [-0.4, -0.2) is 50.6 Å². The molecule has 0 saturated carbocycles. The maximum atomic E-state index is 13.1. The van der Waals surface area contributed by atoms with Gasteiger partial charge in [0.25, 0.3) is 5.56 Å². The van der Waals surface area contributed by atoms with Crippen molar-refractivity contribution in [2.75, 3.05) is 6.54 Å². The van der Waals surface area contributed by atoms with Gasteiger partial charge in [0.2, 0.25) is 5.91 Å². The Kier molecular flexibility index (Phi) is 8.98. The Bertz CT molecular complexity index is 1090. The third-order valence-electron chi connectivity index (χ3n) is 5.24. The minimum atomic E-state index is -0.961. The van der Waals surface area contributed by atoms with Gasteiger partial charge < -0.3 is 20.1 Å². The zero-order valence-corrected chi connectivity index (χ0v) is 19.2. The lowest BCUT2D eigenvalue weighted by atomic mass is 10.0. The Hall–Kier alpha value is -2.71. The van der Waals surface area contributed by atoms with Crippen molar-refractivity contribution in [1.29, 1.82) is 0 Å². The number of aliphatic hydroxyl groups is 2. The van der Waals surface area contributed by atoms with Crippen molar-refractivity contribution in [3.05, 3.63) is 71.1 Å². The molecule has 7 nitrogen and oxygen atoms in total.